The summed E-state index contributed by atoms with van der Waals surface area (Å²) in [6, 6.07) is 13.3. The lowest BCUT2D eigenvalue weighted by Gasteiger charge is -2.19. The maximum Gasteiger partial charge on any atom is 0.291 e. The van der Waals surface area contributed by atoms with Gasteiger partial charge in [-0.05, 0) is 61.7 Å². The van der Waals surface area contributed by atoms with Crippen molar-refractivity contribution in [3.05, 3.63) is 94.6 Å². The zero-order valence-corrected chi connectivity index (χ0v) is 16.4. The molecule has 0 bridgehead atoms. The van der Waals surface area contributed by atoms with Crippen molar-refractivity contribution in [1.82, 2.24) is 24.9 Å². The van der Waals surface area contributed by atoms with Gasteiger partial charge in [0.2, 0.25) is 5.82 Å². The molecule has 0 saturated carbocycles. The zero-order valence-electron chi connectivity index (χ0n) is 16.4. The first-order chi connectivity index (χ1) is 14.4. The minimum Gasteiger partial charge on any atom is -0.342 e. The molecule has 8 heteroatoms. The van der Waals surface area contributed by atoms with Gasteiger partial charge in [0, 0.05) is 11.4 Å². The van der Waals surface area contributed by atoms with Crippen molar-refractivity contribution in [2.24, 2.45) is 0 Å². The molecule has 0 fully saturated rings. The van der Waals surface area contributed by atoms with Crippen molar-refractivity contribution in [3.63, 3.8) is 0 Å². The molecule has 1 amide bonds. The number of fused-ring (bicyclic) bond motifs is 1. The summed E-state index contributed by atoms with van der Waals surface area (Å²) >= 11 is 0. The van der Waals surface area contributed by atoms with E-state index in [1.165, 1.54) is 28.8 Å². The van der Waals surface area contributed by atoms with Crippen molar-refractivity contribution >= 4 is 11.7 Å². The summed E-state index contributed by atoms with van der Waals surface area (Å²) < 4.78 is 28.9. The number of carbonyl (C=O) groups excluding carboxylic acids is 1. The average molecular weight is 407 g/mol. The summed E-state index contributed by atoms with van der Waals surface area (Å²) in [7, 11) is 0. The van der Waals surface area contributed by atoms with Crippen LogP contribution in [0.1, 0.15) is 39.2 Å². The quantitative estimate of drug-likeness (QED) is 0.547. The summed E-state index contributed by atoms with van der Waals surface area (Å²) in [6.45, 7) is 3.68. The van der Waals surface area contributed by atoms with E-state index in [-0.39, 0.29) is 18.1 Å². The topological polar surface area (TPSA) is 72.2 Å². The molecule has 0 saturated heterocycles. The van der Waals surface area contributed by atoms with Gasteiger partial charge in [-0.3, -0.25) is 4.79 Å². The highest BCUT2D eigenvalue weighted by Gasteiger charge is 2.21. The SMILES string of the molecule is Cc1cc(C)n2nc(C(=O)NC(Cc3cccc(F)c3)c3cccc(F)c3)nc2n1. The van der Waals surface area contributed by atoms with Crippen LogP contribution in [0.3, 0.4) is 0 Å². The van der Waals surface area contributed by atoms with Gasteiger partial charge in [0.25, 0.3) is 11.7 Å². The van der Waals surface area contributed by atoms with Gasteiger partial charge in [0.05, 0.1) is 6.04 Å². The Morgan fingerprint density at radius 3 is 2.50 bits per heavy atom. The van der Waals surface area contributed by atoms with E-state index in [2.05, 4.69) is 20.4 Å². The van der Waals surface area contributed by atoms with Gasteiger partial charge in [-0.15, -0.1) is 5.10 Å². The first-order valence-electron chi connectivity index (χ1n) is 9.41. The van der Waals surface area contributed by atoms with E-state index in [0.717, 1.165) is 11.4 Å². The lowest BCUT2D eigenvalue weighted by Crippen LogP contribution is -2.31. The summed E-state index contributed by atoms with van der Waals surface area (Å²) in [4.78, 5) is 21.4. The van der Waals surface area contributed by atoms with Crippen LogP contribution in [-0.2, 0) is 6.42 Å². The Bertz CT molecular complexity index is 1240. The second kappa shape index (κ2) is 7.98. The highest BCUT2D eigenvalue weighted by molar-refractivity contribution is 5.91. The Morgan fingerprint density at radius 1 is 1.03 bits per heavy atom. The van der Waals surface area contributed by atoms with Gasteiger partial charge >= 0.3 is 0 Å². The smallest absolute Gasteiger partial charge is 0.291 e. The van der Waals surface area contributed by atoms with Crippen LogP contribution in [0, 0.1) is 25.5 Å². The standard InChI is InChI=1S/C22H19F2N5O/c1-13-9-14(2)29-22(25-13)27-20(28-29)21(30)26-19(16-6-4-8-18(24)12-16)11-15-5-3-7-17(23)10-15/h3-10,12,19H,11H2,1-2H3,(H,26,30). The molecule has 0 aliphatic heterocycles. The molecule has 1 atom stereocenters. The van der Waals surface area contributed by atoms with Crippen LogP contribution in [0.25, 0.3) is 5.78 Å². The van der Waals surface area contributed by atoms with Crippen LogP contribution >= 0.6 is 0 Å². The van der Waals surface area contributed by atoms with E-state index in [1.54, 1.807) is 24.3 Å². The number of aryl methyl sites for hydroxylation is 2. The molecule has 30 heavy (non-hydrogen) atoms. The predicted molar refractivity (Wildman–Crippen MR) is 107 cm³/mol. The molecule has 2 aromatic carbocycles. The molecule has 0 spiro atoms. The number of nitrogens with zero attached hydrogens (tertiary/aromatic N) is 4. The molecule has 6 nitrogen and oxygen atoms in total. The second-order valence-electron chi connectivity index (χ2n) is 7.10. The van der Waals surface area contributed by atoms with Gasteiger partial charge in [-0.1, -0.05) is 24.3 Å². The van der Waals surface area contributed by atoms with E-state index in [0.29, 0.717) is 16.9 Å². The third-order valence-corrected chi connectivity index (χ3v) is 4.71. The van der Waals surface area contributed by atoms with Crippen LogP contribution in [0.4, 0.5) is 8.78 Å². The van der Waals surface area contributed by atoms with Crippen molar-refractivity contribution in [3.8, 4) is 0 Å². The third-order valence-electron chi connectivity index (χ3n) is 4.71. The molecule has 2 heterocycles. The van der Waals surface area contributed by atoms with Gasteiger partial charge in [-0.25, -0.2) is 18.3 Å². The molecular formula is C22H19F2N5O. The highest BCUT2D eigenvalue weighted by atomic mass is 19.1. The minimum absolute atomic E-state index is 0.0446. The van der Waals surface area contributed by atoms with Crippen LogP contribution < -0.4 is 5.32 Å². The molecule has 4 aromatic rings. The summed E-state index contributed by atoms with van der Waals surface area (Å²) in [5.74, 6) is -1.05. The van der Waals surface area contributed by atoms with E-state index in [4.69, 9.17) is 0 Å². The number of rotatable bonds is 5. The summed E-state index contributed by atoms with van der Waals surface area (Å²) in [5, 5.41) is 7.08. The molecule has 4 rings (SSSR count). The number of nitrogens with one attached hydrogen (secondary N) is 1. The van der Waals surface area contributed by atoms with Gasteiger partial charge in [0.1, 0.15) is 11.6 Å². The maximum absolute atomic E-state index is 13.8. The number of benzene rings is 2. The summed E-state index contributed by atoms with van der Waals surface area (Å²) in [5.41, 5.74) is 2.79. The summed E-state index contributed by atoms with van der Waals surface area (Å²) in [6.07, 6.45) is 0.275. The Balaban J connectivity index is 1.65. The predicted octanol–water partition coefficient (Wildman–Crippen LogP) is 3.73. The fraction of sp³-hybridized carbons (Fsp3) is 0.182. The molecule has 0 aliphatic rings. The van der Waals surface area contributed by atoms with E-state index < -0.39 is 17.8 Å². The first kappa shape index (κ1) is 19.6. The van der Waals surface area contributed by atoms with E-state index in [9.17, 15) is 13.6 Å². The van der Waals surface area contributed by atoms with Crippen molar-refractivity contribution in [1.29, 1.82) is 0 Å². The second-order valence-corrected chi connectivity index (χ2v) is 7.10. The Hall–Kier alpha value is -3.68. The lowest BCUT2D eigenvalue weighted by atomic mass is 9.98. The van der Waals surface area contributed by atoms with Crippen LogP contribution in [0.15, 0.2) is 54.6 Å². The van der Waals surface area contributed by atoms with Crippen molar-refractivity contribution < 1.29 is 13.6 Å². The lowest BCUT2D eigenvalue weighted by molar-refractivity contribution is 0.0926. The minimum atomic E-state index is -0.600. The van der Waals surface area contributed by atoms with Gasteiger partial charge in [-0.2, -0.15) is 4.98 Å². The van der Waals surface area contributed by atoms with E-state index in [1.807, 2.05) is 19.9 Å². The molecule has 1 N–H and O–H groups in total. The molecule has 0 radical (unpaired) electrons. The number of aromatic nitrogens is 4. The largest absolute Gasteiger partial charge is 0.342 e. The van der Waals surface area contributed by atoms with Gasteiger partial charge in [0.15, 0.2) is 0 Å². The van der Waals surface area contributed by atoms with E-state index >= 15 is 0 Å². The molecule has 1 unspecified atom stereocenters. The Kier molecular flexibility index (Phi) is 5.22. The maximum atomic E-state index is 13.8. The highest BCUT2D eigenvalue weighted by Crippen LogP contribution is 2.21. The normalized spacial score (nSPS) is 12.1. The molecular weight excluding hydrogens is 388 g/mol. The van der Waals surface area contributed by atoms with Crippen LogP contribution in [0.2, 0.25) is 0 Å². The monoisotopic (exact) mass is 407 g/mol. The van der Waals surface area contributed by atoms with Crippen LogP contribution in [0.5, 0.6) is 0 Å². The van der Waals surface area contributed by atoms with Crippen LogP contribution in [-0.4, -0.2) is 25.5 Å². The third kappa shape index (κ3) is 4.17. The first-order valence-corrected chi connectivity index (χ1v) is 9.41. The Labute approximate surface area is 171 Å². The average Bonchev–Trinajstić information content (AvgIpc) is 3.12. The number of halogens is 2. The fourth-order valence-corrected chi connectivity index (χ4v) is 3.36. The molecule has 152 valence electrons. The van der Waals surface area contributed by atoms with Crippen molar-refractivity contribution in [2.75, 3.05) is 0 Å². The molecule has 0 aliphatic carbocycles. The van der Waals surface area contributed by atoms with Crippen molar-refractivity contribution in [2.45, 2.75) is 26.3 Å². The number of amides is 1. The number of carbonyl (C=O) groups is 1. The number of hydrogen-bond donors (Lipinski definition) is 1. The van der Waals surface area contributed by atoms with Gasteiger partial charge < -0.3 is 5.32 Å². The number of hydrogen-bond acceptors (Lipinski definition) is 4. The molecule has 2 aromatic heterocycles. The Morgan fingerprint density at radius 2 is 1.77 bits per heavy atom. The fourth-order valence-electron chi connectivity index (χ4n) is 3.36. The zero-order chi connectivity index (χ0) is 21.3.